The van der Waals surface area contributed by atoms with Crippen LogP contribution in [0.15, 0.2) is 53.0 Å². The normalized spacial score (nSPS) is 9.04. The molecular weight excluding hydrogens is 352 g/mol. The Morgan fingerprint density at radius 2 is 1.48 bits per heavy atom. The van der Waals surface area contributed by atoms with Gasteiger partial charge in [-0.1, -0.05) is 52.3 Å². The van der Waals surface area contributed by atoms with E-state index < -0.39 is 0 Å². The van der Waals surface area contributed by atoms with E-state index in [2.05, 4.69) is 28.1 Å². The lowest BCUT2D eigenvalue weighted by molar-refractivity contribution is -0.116. The van der Waals surface area contributed by atoms with Crippen molar-refractivity contribution in [3.63, 3.8) is 0 Å². The standard InChI is InChI=1S/C11H11NO.C8H6BrN/c1-9(13)7-11-4-2-3-10(8-11)5-6-12;9-8-3-1-2-7(6-8)4-5-10/h2-4,8H,5,7H2,1H3;1-3,6H,4H2. The number of nitriles is 2. The molecule has 2 aromatic rings. The molecule has 0 bridgehead atoms. The molecule has 2 rings (SSSR count). The second kappa shape index (κ2) is 10.3. The van der Waals surface area contributed by atoms with Gasteiger partial charge in [-0.15, -0.1) is 0 Å². The maximum absolute atomic E-state index is 10.8. The van der Waals surface area contributed by atoms with Gasteiger partial charge in [0.25, 0.3) is 0 Å². The molecule has 0 amide bonds. The van der Waals surface area contributed by atoms with Gasteiger partial charge in [0, 0.05) is 10.9 Å². The highest BCUT2D eigenvalue weighted by Crippen LogP contribution is 2.11. The van der Waals surface area contributed by atoms with Crippen LogP contribution in [0.2, 0.25) is 0 Å². The summed E-state index contributed by atoms with van der Waals surface area (Å²) in [7, 11) is 0. The average Bonchev–Trinajstić information content (AvgIpc) is 2.48. The fourth-order valence-electron chi connectivity index (χ4n) is 1.97. The van der Waals surface area contributed by atoms with Gasteiger partial charge >= 0.3 is 0 Å². The molecule has 116 valence electrons. The smallest absolute Gasteiger partial charge is 0.134 e. The van der Waals surface area contributed by atoms with Crippen molar-refractivity contribution in [2.45, 2.75) is 26.2 Å². The zero-order valence-corrected chi connectivity index (χ0v) is 14.5. The predicted molar refractivity (Wildman–Crippen MR) is 93.6 cm³/mol. The first-order chi connectivity index (χ1) is 11.0. The van der Waals surface area contributed by atoms with E-state index in [1.165, 1.54) is 0 Å². The molecule has 0 aliphatic carbocycles. The van der Waals surface area contributed by atoms with Gasteiger partial charge in [-0.3, -0.25) is 4.79 Å². The molecule has 0 aliphatic heterocycles. The minimum absolute atomic E-state index is 0.147. The molecule has 0 atom stereocenters. The molecule has 0 saturated carbocycles. The third-order valence-corrected chi connectivity index (χ3v) is 3.39. The number of carbonyl (C=O) groups is 1. The van der Waals surface area contributed by atoms with Crippen molar-refractivity contribution in [2.24, 2.45) is 0 Å². The van der Waals surface area contributed by atoms with Crippen molar-refractivity contribution < 1.29 is 4.79 Å². The molecule has 0 spiro atoms. The van der Waals surface area contributed by atoms with Crippen molar-refractivity contribution >= 4 is 21.7 Å². The van der Waals surface area contributed by atoms with E-state index in [1.54, 1.807) is 6.92 Å². The largest absolute Gasteiger partial charge is 0.300 e. The number of benzene rings is 2. The molecule has 0 heterocycles. The minimum Gasteiger partial charge on any atom is -0.300 e. The summed E-state index contributed by atoms with van der Waals surface area (Å²) in [5.41, 5.74) is 3.01. The summed E-state index contributed by atoms with van der Waals surface area (Å²) >= 11 is 3.32. The number of halogens is 1. The van der Waals surface area contributed by atoms with E-state index in [9.17, 15) is 4.79 Å². The Bertz CT molecular complexity index is 742. The molecular formula is C19H17BrN2O. The first kappa shape index (κ1) is 18.6. The molecule has 0 N–H and O–H groups in total. The Morgan fingerprint density at radius 3 is 2.00 bits per heavy atom. The summed E-state index contributed by atoms with van der Waals surface area (Å²) in [5.74, 6) is 0.147. The van der Waals surface area contributed by atoms with Crippen molar-refractivity contribution in [3.8, 4) is 12.1 Å². The second-order valence-corrected chi connectivity index (χ2v) is 5.91. The fourth-order valence-corrected chi connectivity index (χ4v) is 2.41. The number of ketones is 1. The maximum atomic E-state index is 10.8. The average molecular weight is 369 g/mol. The lowest BCUT2D eigenvalue weighted by Crippen LogP contribution is -1.96. The Morgan fingerprint density at radius 1 is 0.957 bits per heavy atom. The van der Waals surface area contributed by atoms with Gasteiger partial charge in [-0.2, -0.15) is 10.5 Å². The van der Waals surface area contributed by atoms with E-state index in [-0.39, 0.29) is 5.78 Å². The molecule has 0 unspecified atom stereocenters. The maximum Gasteiger partial charge on any atom is 0.134 e. The van der Waals surface area contributed by atoms with E-state index in [1.807, 2.05) is 48.5 Å². The summed E-state index contributed by atoms with van der Waals surface area (Å²) in [4.78, 5) is 10.8. The van der Waals surface area contributed by atoms with Gasteiger partial charge < -0.3 is 0 Å². The molecule has 3 nitrogen and oxygen atoms in total. The zero-order valence-electron chi connectivity index (χ0n) is 12.9. The quantitative estimate of drug-likeness (QED) is 0.802. The van der Waals surface area contributed by atoms with Crippen LogP contribution in [0.4, 0.5) is 0 Å². The summed E-state index contributed by atoms with van der Waals surface area (Å²) < 4.78 is 1.03. The number of carbonyl (C=O) groups excluding carboxylic acids is 1. The fraction of sp³-hybridized carbons (Fsp3) is 0.211. The van der Waals surface area contributed by atoms with E-state index in [0.29, 0.717) is 19.3 Å². The third kappa shape index (κ3) is 7.95. The lowest BCUT2D eigenvalue weighted by Gasteiger charge is -1.99. The summed E-state index contributed by atoms with van der Waals surface area (Å²) in [6.07, 6.45) is 1.35. The monoisotopic (exact) mass is 368 g/mol. The molecule has 0 saturated heterocycles. The highest BCUT2D eigenvalue weighted by Gasteiger charge is 1.98. The first-order valence-electron chi connectivity index (χ1n) is 7.10. The third-order valence-electron chi connectivity index (χ3n) is 2.90. The topological polar surface area (TPSA) is 64.7 Å². The molecule has 2 aromatic carbocycles. The molecule has 0 radical (unpaired) electrons. The Hall–Kier alpha value is -2.43. The predicted octanol–water partition coefficient (Wildman–Crippen LogP) is 4.40. The van der Waals surface area contributed by atoms with Crippen LogP contribution in [-0.2, 0) is 24.1 Å². The van der Waals surface area contributed by atoms with Crippen molar-refractivity contribution in [2.75, 3.05) is 0 Å². The van der Waals surface area contributed by atoms with Gasteiger partial charge in [0.05, 0.1) is 25.0 Å². The molecule has 4 heteroatoms. The van der Waals surface area contributed by atoms with Crippen LogP contribution in [-0.4, -0.2) is 5.78 Å². The summed E-state index contributed by atoms with van der Waals surface area (Å²) in [5, 5.41) is 16.8. The van der Waals surface area contributed by atoms with Crippen LogP contribution in [0.5, 0.6) is 0 Å². The first-order valence-corrected chi connectivity index (χ1v) is 7.90. The Labute approximate surface area is 145 Å². The Balaban J connectivity index is 0.000000238. The van der Waals surface area contributed by atoms with E-state index in [0.717, 1.165) is 21.2 Å². The van der Waals surface area contributed by atoms with Crippen LogP contribution in [0.1, 0.15) is 23.6 Å². The molecule has 23 heavy (non-hydrogen) atoms. The second-order valence-electron chi connectivity index (χ2n) is 5.00. The van der Waals surface area contributed by atoms with Crippen LogP contribution >= 0.6 is 15.9 Å². The number of hydrogen-bond acceptors (Lipinski definition) is 3. The molecule has 0 aromatic heterocycles. The Kier molecular flexibility index (Phi) is 8.36. The van der Waals surface area contributed by atoms with Crippen LogP contribution in [0.3, 0.4) is 0 Å². The number of Topliss-reactive ketones (excluding diaryl/α,β-unsaturated/α-hetero) is 1. The highest BCUT2D eigenvalue weighted by atomic mass is 79.9. The number of nitrogens with zero attached hydrogens (tertiary/aromatic N) is 2. The van der Waals surface area contributed by atoms with Crippen molar-refractivity contribution in [3.05, 3.63) is 69.7 Å². The zero-order chi connectivity index (χ0) is 17.1. The van der Waals surface area contributed by atoms with Gasteiger partial charge in [0.1, 0.15) is 5.78 Å². The SMILES string of the molecule is CC(=O)Cc1cccc(CC#N)c1.N#CCc1cccc(Br)c1. The van der Waals surface area contributed by atoms with Gasteiger partial charge in [0.2, 0.25) is 0 Å². The molecule has 0 fully saturated rings. The number of hydrogen-bond donors (Lipinski definition) is 0. The van der Waals surface area contributed by atoms with Crippen LogP contribution in [0, 0.1) is 22.7 Å². The number of rotatable bonds is 4. The van der Waals surface area contributed by atoms with Gasteiger partial charge in [0.15, 0.2) is 0 Å². The summed E-state index contributed by atoms with van der Waals surface area (Å²) in [6, 6.07) is 19.5. The van der Waals surface area contributed by atoms with Gasteiger partial charge in [-0.25, -0.2) is 0 Å². The van der Waals surface area contributed by atoms with Crippen LogP contribution in [0.25, 0.3) is 0 Å². The molecule has 0 aliphatic rings. The highest BCUT2D eigenvalue weighted by molar-refractivity contribution is 9.10. The van der Waals surface area contributed by atoms with Gasteiger partial charge in [-0.05, 0) is 35.7 Å². The lowest BCUT2D eigenvalue weighted by atomic mass is 10.1. The van der Waals surface area contributed by atoms with Crippen molar-refractivity contribution in [1.29, 1.82) is 10.5 Å². The van der Waals surface area contributed by atoms with E-state index >= 15 is 0 Å². The minimum atomic E-state index is 0.147. The summed E-state index contributed by atoms with van der Waals surface area (Å²) in [6.45, 7) is 1.57. The van der Waals surface area contributed by atoms with E-state index in [4.69, 9.17) is 10.5 Å². The van der Waals surface area contributed by atoms with Crippen LogP contribution < -0.4 is 0 Å². The van der Waals surface area contributed by atoms with Crippen molar-refractivity contribution in [1.82, 2.24) is 0 Å².